The van der Waals surface area contributed by atoms with Gasteiger partial charge in [0.25, 0.3) is 5.91 Å². The van der Waals surface area contributed by atoms with Crippen molar-refractivity contribution in [3.8, 4) is 11.1 Å². The molecule has 0 spiro atoms. The maximum atomic E-state index is 13.8. The second kappa shape index (κ2) is 10.5. The van der Waals surface area contributed by atoms with E-state index in [9.17, 15) is 9.59 Å². The van der Waals surface area contributed by atoms with Gasteiger partial charge in [-0.15, -0.1) is 11.3 Å². The van der Waals surface area contributed by atoms with E-state index in [2.05, 4.69) is 17.1 Å². The first-order valence-corrected chi connectivity index (χ1v) is 12.4. The van der Waals surface area contributed by atoms with Gasteiger partial charge in [0.1, 0.15) is 12.6 Å². The minimum Gasteiger partial charge on any atom is -0.445 e. The highest BCUT2D eigenvalue weighted by Gasteiger charge is 2.39. The van der Waals surface area contributed by atoms with Crippen LogP contribution in [0, 0.1) is 0 Å². The van der Waals surface area contributed by atoms with Crippen LogP contribution in [0.4, 0.5) is 15.6 Å². The first kappa shape index (κ1) is 22.8. The van der Waals surface area contributed by atoms with Crippen molar-refractivity contribution in [2.45, 2.75) is 25.5 Å². The smallest absolute Gasteiger partial charge is 0.410 e. The molecule has 6 nitrogen and oxygen atoms in total. The third kappa shape index (κ3) is 5.10. The number of rotatable bonds is 6. The van der Waals surface area contributed by atoms with Gasteiger partial charge in [-0.05, 0) is 41.7 Å². The highest BCUT2D eigenvalue weighted by molar-refractivity contribution is 7.13. The molecule has 5 rings (SSSR count). The van der Waals surface area contributed by atoms with Crippen LogP contribution in [-0.4, -0.2) is 34.5 Å². The molecule has 1 unspecified atom stereocenters. The van der Waals surface area contributed by atoms with Crippen molar-refractivity contribution >= 4 is 34.2 Å². The maximum Gasteiger partial charge on any atom is 0.410 e. The second-order valence-electron chi connectivity index (χ2n) is 8.29. The molecule has 1 aliphatic heterocycles. The number of nitrogens with zero attached hydrogens (tertiary/aromatic N) is 3. The Morgan fingerprint density at radius 2 is 1.63 bits per heavy atom. The molecule has 1 fully saturated rings. The molecule has 1 aliphatic rings. The average Bonchev–Trinajstić information content (AvgIpc) is 3.62. The summed E-state index contributed by atoms with van der Waals surface area (Å²) in [7, 11) is 0. The molecule has 0 radical (unpaired) electrons. The van der Waals surface area contributed by atoms with Crippen molar-refractivity contribution in [3.05, 3.63) is 102 Å². The molecule has 0 aliphatic carbocycles. The average molecular weight is 484 g/mol. The van der Waals surface area contributed by atoms with Gasteiger partial charge < -0.3 is 4.74 Å². The molecule has 7 heteroatoms. The fourth-order valence-corrected chi connectivity index (χ4v) is 4.95. The highest BCUT2D eigenvalue weighted by atomic mass is 32.1. The summed E-state index contributed by atoms with van der Waals surface area (Å²) in [6.07, 6.45) is 2.54. The number of anilines is 2. The van der Waals surface area contributed by atoms with Crippen molar-refractivity contribution < 1.29 is 14.3 Å². The Kier molecular flexibility index (Phi) is 6.86. The fraction of sp³-hybridized carbons (Fsp3) is 0.179. The molecule has 176 valence electrons. The van der Waals surface area contributed by atoms with Crippen LogP contribution in [0.5, 0.6) is 0 Å². The molecule has 3 aromatic carbocycles. The van der Waals surface area contributed by atoms with Crippen LogP contribution in [0.25, 0.3) is 11.1 Å². The van der Waals surface area contributed by atoms with Gasteiger partial charge in [-0.2, -0.15) is 0 Å². The lowest BCUT2D eigenvalue weighted by Gasteiger charge is -2.28. The monoisotopic (exact) mass is 483 g/mol. The number of ether oxygens (including phenoxy) is 1. The van der Waals surface area contributed by atoms with Gasteiger partial charge in [-0.1, -0.05) is 72.8 Å². The molecule has 1 saturated heterocycles. The predicted octanol–water partition coefficient (Wildman–Crippen LogP) is 6.28. The van der Waals surface area contributed by atoms with Crippen molar-refractivity contribution in [1.82, 2.24) is 9.88 Å². The number of aromatic nitrogens is 1. The summed E-state index contributed by atoms with van der Waals surface area (Å²) in [5.74, 6) is -0.179. The van der Waals surface area contributed by atoms with Crippen LogP contribution in [0.1, 0.15) is 18.4 Å². The number of thiazole rings is 1. The second-order valence-corrected chi connectivity index (χ2v) is 9.17. The summed E-state index contributed by atoms with van der Waals surface area (Å²) in [6, 6.07) is 26.9. The predicted molar refractivity (Wildman–Crippen MR) is 137 cm³/mol. The van der Waals surface area contributed by atoms with Crippen LogP contribution < -0.4 is 4.90 Å². The molecule has 35 heavy (non-hydrogen) atoms. The maximum absolute atomic E-state index is 13.8. The summed E-state index contributed by atoms with van der Waals surface area (Å²) in [4.78, 5) is 34.3. The van der Waals surface area contributed by atoms with E-state index < -0.39 is 12.1 Å². The van der Waals surface area contributed by atoms with E-state index in [-0.39, 0.29) is 12.5 Å². The minimum atomic E-state index is -0.601. The SMILES string of the molecule is O=C(C1CCCN1C(=O)OCc1ccccc1)N(c1ccc(-c2ccccc2)cc1)c1nccs1. The Balaban J connectivity index is 1.36. The number of carbonyl (C=O) groups is 2. The number of amides is 2. The highest BCUT2D eigenvalue weighted by Crippen LogP contribution is 2.33. The first-order valence-electron chi connectivity index (χ1n) is 11.6. The van der Waals surface area contributed by atoms with Gasteiger partial charge in [-0.25, -0.2) is 9.78 Å². The van der Waals surface area contributed by atoms with Gasteiger partial charge in [0, 0.05) is 18.1 Å². The molecule has 0 N–H and O–H groups in total. The van der Waals surface area contributed by atoms with Crippen LogP contribution in [0.15, 0.2) is 96.5 Å². The van der Waals surface area contributed by atoms with Gasteiger partial charge in [0.05, 0.1) is 5.69 Å². The summed E-state index contributed by atoms with van der Waals surface area (Å²) < 4.78 is 5.54. The number of hydrogen-bond donors (Lipinski definition) is 0. The van der Waals surface area contributed by atoms with Crippen LogP contribution in [-0.2, 0) is 16.1 Å². The lowest BCUT2D eigenvalue weighted by Crippen LogP contribution is -2.46. The molecule has 4 aromatic rings. The van der Waals surface area contributed by atoms with Gasteiger partial charge in [-0.3, -0.25) is 14.6 Å². The zero-order valence-corrected chi connectivity index (χ0v) is 19.9. The van der Waals surface area contributed by atoms with Crippen LogP contribution in [0.2, 0.25) is 0 Å². The van der Waals surface area contributed by atoms with E-state index in [0.717, 1.165) is 23.1 Å². The van der Waals surface area contributed by atoms with Gasteiger partial charge in [0.15, 0.2) is 5.13 Å². The normalized spacial score (nSPS) is 15.1. The number of benzene rings is 3. The Morgan fingerprint density at radius 3 is 2.31 bits per heavy atom. The Labute approximate surface area is 208 Å². The van der Waals surface area contributed by atoms with Crippen LogP contribution in [0.3, 0.4) is 0 Å². The third-order valence-corrected chi connectivity index (χ3v) is 6.80. The van der Waals surface area contributed by atoms with Crippen molar-refractivity contribution in [1.29, 1.82) is 0 Å². The standard InChI is InChI=1S/C28H25N3O3S/c32-26(25-12-7-18-30(25)28(33)34-20-21-8-3-1-4-9-21)31(27-29-17-19-35-27)24-15-13-23(14-16-24)22-10-5-2-6-11-22/h1-6,8-11,13-17,19,25H,7,12,18,20H2. The molecule has 2 amide bonds. The minimum absolute atomic E-state index is 0.175. The first-order chi connectivity index (χ1) is 17.2. The molecule has 2 heterocycles. The fourth-order valence-electron chi connectivity index (χ4n) is 4.29. The summed E-state index contributed by atoms with van der Waals surface area (Å²) in [5.41, 5.74) is 3.79. The molecule has 0 saturated carbocycles. The van der Waals surface area contributed by atoms with Crippen LogP contribution >= 0.6 is 11.3 Å². The van der Waals surface area contributed by atoms with Crippen molar-refractivity contribution in [3.63, 3.8) is 0 Å². The molecule has 1 aromatic heterocycles. The van der Waals surface area contributed by atoms with Crippen molar-refractivity contribution in [2.24, 2.45) is 0 Å². The number of hydrogen-bond acceptors (Lipinski definition) is 5. The molecular weight excluding hydrogens is 458 g/mol. The van der Waals surface area contributed by atoms with E-state index in [1.807, 2.05) is 78.2 Å². The Bertz CT molecular complexity index is 1260. The molecule has 1 atom stereocenters. The topological polar surface area (TPSA) is 62.7 Å². The molecule has 0 bridgehead atoms. The lowest BCUT2D eigenvalue weighted by molar-refractivity contribution is -0.121. The largest absolute Gasteiger partial charge is 0.445 e. The van der Waals surface area contributed by atoms with Gasteiger partial charge >= 0.3 is 6.09 Å². The zero-order chi connectivity index (χ0) is 24.0. The molecular formula is C28H25N3O3S. The summed E-state index contributed by atoms with van der Waals surface area (Å²) in [6.45, 7) is 0.664. The summed E-state index contributed by atoms with van der Waals surface area (Å²) >= 11 is 1.39. The quantitative estimate of drug-likeness (QED) is 0.324. The van der Waals surface area contributed by atoms with E-state index in [4.69, 9.17) is 4.74 Å². The van der Waals surface area contributed by atoms with E-state index >= 15 is 0 Å². The Hall–Kier alpha value is -3.97. The zero-order valence-electron chi connectivity index (χ0n) is 19.1. The van der Waals surface area contributed by atoms with Crippen molar-refractivity contribution in [2.75, 3.05) is 11.4 Å². The van der Waals surface area contributed by atoms with E-state index in [1.54, 1.807) is 16.0 Å². The van der Waals surface area contributed by atoms with Gasteiger partial charge in [0.2, 0.25) is 0 Å². The van der Waals surface area contributed by atoms with E-state index in [1.165, 1.54) is 11.3 Å². The summed E-state index contributed by atoms with van der Waals surface area (Å²) in [5, 5.41) is 2.42. The number of likely N-dealkylation sites (tertiary alicyclic amines) is 1. The number of carbonyl (C=O) groups excluding carboxylic acids is 2. The van der Waals surface area contributed by atoms with E-state index in [0.29, 0.717) is 23.8 Å². The lowest BCUT2D eigenvalue weighted by atomic mass is 10.1. The Morgan fingerprint density at radius 1 is 0.943 bits per heavy atom. The third-order valence-electron chi connectivity index (χ3n) is 6.04.